The lowest BCUT2D eigenvalue weighted by atomic mass is 10.2. The number of ether oxygens (including phenoxy) is 1. The van der Waals surface area contributed by atoms with Gasteiger partial charge < -0.3 is 10.1 Å². The summed E-state index contributed by atoms with van der Waals surface area (Å²) in [5.74, 6) is -0.426. The van der Waals surface area contributed by atoms with Crippen molar-refractivity contribution in [2.75, 3.05) is 38.4 Å². The average molecular weight is 337 g/mol. The molecule has 0 bridgehead atoms. The minimum atomic E-state index is -3.49. The Morgan fingerprint density at radius 1 is 1.30 bits per heavy atom. The number of rotatable bonds is 7. The van der Waals surface area contributed by atoms with Crippen LogP contribution in [0.5, 0.6) is 0 Å². The second-order valence-electron chi connectivity index (χ2n) is 5.02. The Labute approximate surface area is 135 Å². The molecule has 1 aromatic carbocycles. The molecule has 0 aliphatic heterocycles. The number of anilines is 1. The Bertz CT molecular complexity index is 787. The van der Waals surface area contributed by atoms with Crippen LogP contribution in [0.1, 0.15) is 0 Å². The summed E-state index contributed by atoms with van der Waals surface area (Å²) in [6.07, 6.45) is 2.70. The van der Waals surface area contributed by atoms with E-state index in [1.165, 1.54) is 7.11 Å². The maximum atomic E-state index is 12.2. The monoisotopic (exact) mass is 337 g/mol. The number of pyridine rings is 1. The van der Waals surface area contributed by atoms with Crippen LogP contribution >= 0.6 is 0 Å². The summed E-state index contributed by atoms with van der Waals surface area (Å²) >= 11 is 0. The maximum Gasteiger partial charge on any atom is 0.239 e. The standard InChI is InChI=1S/C15H19N3O4S/c1-22-10-9-18(23(2,20)21)11-14(19)17-13-7-3-5-12-6-4-8-16-15(12)13/h3-8H,9-11H2,1-2H3,(H,17,19). The number of aromatic nitrogens is 1. The molecule has 1 heterocycles. The van der Waals surface area contributed by atoms with Gasteiger partial charge in [-0.05, 0) is 12.1 Å². The van der Waals surface area contributed by atoms with Crippen LogP contribution in [0.3, 0.4) is 0 Å². The van der Waals surface area contributed by atoms with Crippen LogP contribution < -0.4 is 5.32 Å². The first-order valence-corrected chi connectivity index (χ1v) is 8.84. The van der Waals surface area contributed by atoms with Gasteiger partial charge in [-0.1, -0.05) is 18.2 Å². The number of sulfonamides is 1. The van der Waals surface area contributed by atoms with Gasteiger partial charge in [0, 0.05) is 25.2 Å². The number of para-hydroxylation sites is 1. The molecule has 0 aliphatic carbocycles. The fourth-order valence-electron chi connectivity index (χ4n) is 2.11. The van der Waals surface area contributed by atoms with Crippen LogP contribution in [-0.4, -0.2) is 56.7 Å². The third-order valence-corrected chi connectivity index (χ3v) is 4.49. The largest absolute Gasteiger partial charge is 0.383 e. The van der Waals surface area contributed by atoms with E-state index in [1.54, 1.807) is 18.3 Å². The molecule has 7 nitrogen and oxygen atoms in total. The van der Waals surface area contributed by atoms with Gasteiger partial charge in [0.25, 0.3) is 0 Å². The van der Waals surface area contributed by atoms with Crippen molar-refractivity contribution in [3.05, 3.63) is 36.5 Å². The molecule has 0 atom stereocenters. The lowest BCUT2D eigenvalue weighted by molar-refractivity contribution is -0.116. The minimum Gasteiger partial charge on any atom is -0.383 e. The molecule has 124 valence electrons. The molecular formula is C15H19N3O4S. The molecule has 0 unspecified atom stereocenters. The number of nitrogens with one attached hydrogen (secondary N) is 1. The Balaban J connectivity index is 2.14. The molecule has 2 aromatic rings. The second-order valence-corrected chi connectivity index (χ2v) is 7.00. The first-order chi connectivity index (χ1) is 10.9. The van der Waals surface area contributed by atoms with Gasteiger partial charge in [-0.15, -0.1) is 0 Å². The number of fused-ring (bicyclic) bond motifs is 1. The van der Waals surface area contributed by atoms with E-state index in [2.05, 4.69) is 10.3 Å². The van der Waals surface area contributed by atoms with Gasteiger partial charge in [-0.25, -0.2) is 8.42 Å². The second kappa shape index (κ2) is 7.49. The lowest BCUT2D eigenvalue weighted by Gasteiger charge is -2.19. The number of amides is 1. The van der Waals surface area contributed by atoms with Crippen LogP contribution in [0, 0.1) is 0 Å². The molecule has 2 rings (SSSR count). The molecule has 8 heteroatoms. The summed E-state index contributed by atoms with van der Waals surface area (Å²) in [5.41, 5.74) is 1.21. The summed E-state index contributed by atoms with van der Waals surface area (Å²) in [6.45, 7) is 0.0676. The Kier molecular flexibility index (Phi) is 5.64. The predicted molar refractivity (Wildman–Crippen MR) is 88.7 cm³/mol. The summed E-state index contributed by atoms with van der Waals surface area (Å²) in [5, 5.41) is 3.61. The SMILES string of the molecule is COCCN(CC(=O)Nc1cccc2cccnc12)S(C)(=O)=O. The smallest absolute Gasteiger partial charge is 0.239 e. The van der Waals surface area contributed by atoms with Gasteiger partial charge >= 0.3 is 0 Å². The highest BCUT2D eigenvalue weighted by atomic mass is 32.2. The Hall–Kier alpha value is -2.03. The molecule has 1 aromatic heterocycles. The zero-order valence-corrected chi connectivity index (χ0v) is 13.8. The van der Waals surface area contributed by atoms with E-state index < -0.39 is 15.9 Å². The Morgan fingerprint density at radius 3 is 2.74 bits per heavy atom. The van der Waals surface area contributed by atoms with Crippen molar-refractivity contribution in [1.82, 2.24) is 9.29 Å². The summed E-state index contributed by atoms with van der Waals surface area (Å²) < 4.78 is 29.4. The van der Waals surface area contributed by atoms with Gasteiger partial charge in [-0.2, -0.15) is 4.31 Å². The van der Waals surface area contributed by atoms with Crippen molar-refractivity contribution in [3.63, 3.8) is 0 Å². The van der Waals surface area contributed by atoms with Crippen LogP contribution in [0.2, 0.25) is 0 Å². The van der Waals surface area contributed by atoms with Crippen molar-refractivity contribution in [2.24, 2.45) is 0 Å². The lowest BCUT2D eigenvalue weighted by Crippen LogP contribution is -2.39. The first kappa shape index (κ1) is 17.3. The summed E-state index contributed by atoms with van der Waals surface area (Å²) in [6, 6.07) is 9.12. The molecule has 0 saturated carbocycles. The maximum absolute atomic E-state index is 12.2. The van der Waals surface area contributed by atoms with Crippen LogP contribution in [0.4, 0.5) is 5.69 Å². The van der Waals surface area contributed by atoms with E-state index in [4.69, 9.17) is 4.74 Å². The molecule has 0 radical (unpaired) electrons. The van der Waals surface area contributed by atoms with Gasteiger partial charge in [0.15, 0.2) is 0 Å². The molecular weight excluding hydrogens is 318 g/mol. The predicted octanol–water partition coefficient (Wildman–Crippen LogP) is 1.08. The molecule has 23 heavy (non-hydrogen) atoms. The van der Waals surface area contributed by atoms with Crippen LogP contribution in [-0.2, 0) is 19.6 Å². The molecule has 1 N–H and O–H groups in total. The summed E-state index contributed by atoms with van der Waals surface area (Å²) in [4.78, 5) is 16.4. The van der Waals surface area contributed by atoms with E-state index in [0.29, 0.717) is 11.2 Å². The summed E-state index contributed by atoms with van der Waals surface area (Å²) in [7, 11) is -2.02. The number of carbonyl (C=O) groups is 1. The molecule has 1 amide bonds. The normalized spacial score (nSPS) is 11.8. The minimum absolute atomic E-state index is 0.122. The van der Waals surface area contributed by atoms with Crippen molar-refractivity contribution >= 4 is 32.5 Å². The average Bonchev–Trinajstić information content (AvgIpc) is 2.50. The highest BCUT2D eigenvalue weighted by Crippen LogP contribution is 2.20. The highest BCUT2D eigenvalue weighted by molar-refractivity contribution is 7.88. The first-order valence-electron chi connectivity index (χ1n) is 6.99. The topological polar surface area (TPSA) is 88.6 Å². The molecule has 0 fully saturated rings. The number of nitrogens with zero attached hydrogens (tertiary/aromatic N) is 2. The van der Waals surface area contributed by atoms with E-state index in [0.717, 1.165) is 15.9 Å². The van der Waals surface area contributed by atoms with E-state index in [1.807, 2.05) is 18.2 Å². The number of carbonyl (C=O) groups excluding carboxylic acids is 1. The Morgan fingerprint density at radius 2 is 2.04 bits per heavy atom. The van der Waals surface area contributed by atoms with Crippen molar-refractivity contribution < 1.29 is 17.9 Å². The fraction of sp³-hybridized carbons (Fsp3) is 0.333. The number of hydrogen-bond donors (Lipinski definition) is 1. The van der Waals surface area contributed by atoms with Crippen LogP contribution in [0.15, 0.2) is 36.5 Å². The quantitative estimate of drug-likeness (QED) is 0.817. The zero-order chi connectivity index (χ0) is 16.9. The number of methoxy groups -OCH3 is 1. The molecule has 0 aliphatic rings. The van der Waals surface area contributed by atoms with Gasteiger partial charge in [0.05, 0.1) is 30.6 Å². The van der Waals surface area contributed by atoms with Crippen molar-refractivity contribution in [2.45, 2.75) is 0 Å². The fourth-order valence-corrected chi connectivity index (χ4v) is 2.87. The third-order valence-electron chi connectivity index (χ3n) is 3.24. The highest BCUT2D eigenvalue weighted by Gasteiger charge is 2.20. The van der Waals surface area contributed by atoms with Gasteiger partial charge in [0.1, 0.15) is 0 Å². The number of hydrogen-bond acceptors (Lipinski definition) is 5. The van der Waals surface area contributed by atoms with E-state index in [-0.39, 0.29) is 19.7 Å². The van der Waals surface area contributed by atoms with Crippen molar-refractivity contribution in [1.29, 1.82) is 0 Å². The van der Waals surface area contributed by atoms with Gasteiger partial charge in [0.2, 0.25) is 15.9 Å². The van der Waals surface area contributed by atoms with Gasteiger partial charge in [-0.3, -0.25) is 9.78 Å². The van der Waals surface area contributed by atoms with Crippen LogP contribution in [0.25, 0.3) is 10.9 Å². The number of benzene rings is 1. The van der Waals surface area contributed by atoms with E-state index >= 15 is 0 Å². The third kappa shape index (κ3) is 4.72. The van der Waals surface area contributed by atoms with E-state index in [9.17, 15) is 13.2 Å². The van der Waals surface area contributed by atoms with Crippen molar-refractivity contribution in [3.8, 4) is 0 Å². The molecule has 0 saturated heterocycles. The zero-order valence-electron chi connectivity index (χ0n) is 13.0. The molecule has 0 spiro atoms.